The minimum absolute atomic E-state index is 0.307. The molecule has 0 radical (unpaired) electrons. The quantitative estimate of drug-likeness (QED) is 0.858. The van der Waals surface area contributed by atoms with E-state index in [2.05, 4.69) is 10.3 Å². The maximum Gasteiger partial charge on any atom is 0.218 e. The molecule has 19 heavy (non-hydrogen) atoms. The Morgan fingerprint density at radius 3 is 2.89 bits per heavy atom. The molecule has 1 fully saturated rings. The van der Waals surface area contributed by atoms with Gasteiger partial charge in [-0.05, 0) is 31.4 Å². The van der Waals surface area contributed by atoms with Crippen molar-refractivity contribution in [3.63, 3.8) is 0 Å². The molecule has 0 spiro atoms. The van der Waals surface area contributed by atoms with Crippen LogP contribution in [0.5, 0.6) is 5.88 Å². The molecule has 0 atom stereocenters. The van der Waals surface area contributed by atoms with Gasteiger partial charge in [0.1, 0.15) is 5.82 Å². The lowest BCUT2D eigenvalue weighted by Crippen LogP contribution is -2.18. The van der Waals surface area contributed by atoms with Gasteiger partial charge in [0.2, 0.25) is 5.88 Å². The van der Waals surface area contributed by atoms with E-state index in [-0.39, 0.29) is 5.82 Å². The summed E-state index contributed by atoms with van der Waals surface area (Å²) in [5, 5.41) is 3.18. The van der Waals surface area contributed by atoms with Crippen molar-refractivity contribution in [1.29, 1.82) is 0 Å². The number of pyridine rings is 1. The third kappa shape index (κ3) is 4.46. The minimum Gasteiger partial charge on any atom is -0.477 e. The minimum atomic E-state index is -0.307. The Labute approximate surface area is 114 Å². The molecule has 1 aromatic rings. The number of rotatable bonds is 6. The van der Waals surface area contributed by atoms with Crippen LogP contribution in [0, 0.1) is 11.7 Å². The molecule has 106 valence electrons. The van der Waals surface area contributed by atoms with E-state index in [1.807, 2.05) is 6.92 Å². The Balaban J connectivity index is 1.93. The molecule has 1 aromatic heterocycles. The zero-order valence-electron chi connectivity index (χ0n) is 11.6. The van der Waals surface area contributed by atoms with E-state index >= 15 is 0 Å². The van der Waals surface area contributed by atoms with Gasteiger partial charge >= 0.3 is 0 Å². The molecule has 1 aliphatic carbocycles. The fourth-order valence-corrected chi connectivity index (χ4v) is 2.54. The van der Waals surface area contributed by atoms with Gasteiger partial charge in [-0.3, -0.25) is 0 Å². The predicted molar refractivity (Wildman–Crippen MR) is 73.6 cm³/mol. The Kier molecular flexibility index (Phi) is 5.58. The van der Waals surface area contributed by atoms with E-state index in [1.165, 1.54) is 44.4 Å². The van der Waals surface area contributed by atoms with Gasteiger partial charge < -0.3 is 10.1 Å². The van der Waals surface area contributed by atoms with E-state index < -0.39 is 0 Å². The molecule has 0 aromatic carbocycles. The van der Waals surface area contributed by atoms with Crippen LogP contribution >= 0.6 is 0 Å². The van der Waals surface area contributed by atoms with Gasteiger partial charge in [-0.25, -0.2) is 9.37 Å². The van der Waals surface area contributed by atoms with Gasteiger partial charge in [0.15, 0.2) is 0 Å². The highest BCUT2D eigenvalue weighted by Gasteiger charge is 2.15. The molecule has 0 amide bonds. The fourth-order valence-electron chi connectivity index (χ4n) is 2.54. The van der Waals surface area contributed by atoms with Gasteiger partial charge in [-0.15, -0.1) is 0 Å². The van der Waals surface area contributed by atoms with Crippen LogP contribution in [0.1, 0.15) is 44.6 Å². The van der Waals surface area contributed by atoms with Gasteiger partial charge in [0, 0.05) is 12.1 Å². The first-order valence-corrected chi connectivity index (χ1v) is 7.27. The Morgan fingerprint density at radius 1 is 1.37 bits per heavy atom. The molecule has 1 N–H and O–H groups in total. The molecule has 1 aliphatic rings. The van der Waals surface area contributed by atoms with E-state index in [4.69, 9.17) is 4.74 Å². The summed E-state index contributed by atoms with van der Waals surface area (Å²) in [5.41, 5.74) is 0.803. The molecule has 0 aliphatic heterocycles. The van der Waals surface area contributed by atoms with E-state index in [9.17, 15) is 4.39 Å². The van der Waals surface area contributed by atoms with Gasteiger partial charge in [0.25, 0.3) is 0 Å². The van der Waals surface area contributed by atoms with Crippen LogP contribution in [0.4, 0.5) is 4.39 Å². The maximum absolute atomic E-state index is 13.2. The summed E-state index contributed by atoms with van der Waals surface area (Å²) in [6, 6.07) is 1.51. The van der Waals surface area contributed by atoms with Crippen molar-refractivity contribution in [2.24, 2.45) is 5.92 Å². The van der Waals surface area contributed by atoms with Crippen molar-refractivity contribution in [2.45, 2.75) is 45.6 Å². The van der Waals surface area contributed by atoms with Crippen molar-refractivity contribution in [3.8, 4) is 5.88 Å². The summed E-state index contributed by atoms with van der Waals surface area (Å²) in [4.78, 5) is 4.08. The van der Waals surface area contributed by atoms with Crippen molar-refractivity contribution in [3.05, 3.63) is 23.6 Å². The average Bonchev–Trinajstić information content (AvgIpc) is 2.45. The molecule has 0 saturated heterocycles. The van der Waals surface area contributed by atoms with Crippen molar-refractivity contribution in [1.82, 2.24) is 10.3 Å². The number of hydrogen-bond donors (Lipinski definition) is 1. The third-order valence-electron chi connectivity index (χ3n) is 3.64. The highest BCUT2D eigenvalue weighted by Crippen LogP contribution is 2.25. The number of nitrogens with one attached hydrogen (secondary N) is 1. The van der Waals surface area contributed by atoms with Crippen LogP contribution in [0.15, 0.2) is 12.3 Å². The number of halogens is 1. The Morgan fingerprint density at radius 2 is 2.16 bits per heavy atom. The summed E-state index contributed by atoms with van der Waals surface area (Å²) >= 11 is 0. The Hall–Kier alpha value is -1.16. The largest absolute Gasteiger partial charge is 0.477 e. The highest BCUT2D eigenvalue weighted by molar-refractivity contribution is 5.26. The zero-order chi connectivity index (χ0) is 13.5. The number of ether oxygens (including phenoxy) is 1. The summed E-state index contributed by atoms with van der Waals surface area (Å²) in [5.74, 6) is 0.901. The summed E-state index contributed by atoms with van der Waals surface area (Å²) in [6.45, 7) is 4.17. The molecular weight excluding hydrogens is 243 g/mol. The molecule has 2 rings (SSSR count). The lowest BCUT2D eigenvalue weighted by molar-refractivity contribution is 0.200. The van der Waals surface area contributed by atoms with E-state index in [1.54, 1.807) is 0 Å². The fraction of sp³-hybridized carbons (Fsp3) is 0.667. The molecule has 4 heteroatoms. The first kappa shape index (κ1) is 14.3. The maximum atomic E-state index is 13.2. The lowest BCUT2D eigenvalue weighted by atomic mass is 9.90. The van der Waals surface area contributed by atoms with Crippen LogP contribution < -0.4 is 10.1 Å². The topological polar surface area (TPSA) is 34.2 Å². The molecule has 1 heterocycles. The Bertz CT molecular complexity index is 392. The second-order valence-corrected chi connectivity index (χ2v) is 5.21. The van der Waals surface area contributed by atoms with E-state index in [0.29, 0.717) is 24.9 Å². The van der Waals surface area contributed by atoms with Crippen LogP contribution in [-0.2, 0) is 6.54 Å². The average molecular weight is 266 g/mol. The molecule has 3 nitrogen and oxygen atoms in total. The summed E-state index contributed by atoms with van der Waals surface area (Å²) in [7, 11) is 0. The second-order valence-electron chi connectivity index (χ2n) is 5.21. The normalized spacial score (nSPS) is 16.5. The standard InChI is InChI=1S/C15H23FN2O/c1-2-17-9-13-8-14(16)10-18-15(13)19-11-12-6-4-3-5-7-12/h8,10,12,17H,2-7,9,11H2,1H3. The van der Waals surface area contributed by atoms with Gasteiger partial charge in [-0.1, -0.05) is 26.2 Å². The first-order valence-electron chi connectivity index (χ1n) is 7.27. The SMILES string of the molecule is CCNCc1cc(F)cnc1OCC1CCCCC1. The predicted octanol–water partition coefficient (Wildman–Crippen LogP) is 3.29. The third-order valence-corrected chi connectivity index (χ3v) is 3.64. The summed E-state index contributed by atoms with van der Waals surface area (Å²) < 4.78 is 19.0. The molecular formula is C15H23FN2O. The highest BCUT2D eigenvalue weighted by atomic mass is 19.1. The first-order chi connectivity index (χ1) is 9.29. The van der Waals surface area contributed by atoms with Crippen LogP contribution in [0.3, 0.4) is 0 Å². The van der Waals surface area contributed by atoms with Crippen molar-refractivity contribution in [2.75, 3.05) is 13.2 Å². The van der Waals surface area contributed by atoms with Gasteiger partial charge in [0.05, 0.1) is 12.8 Å². The number of hydrogen-bond acceptors (Lipinski definition) is 3. The van der Waals surface area contributed by atoms with Crippen LogP contribution in [0.2, 0.25) is 0 Å². The monoisotopic (exact) mass is 266 g/mol. The van der Waals surface area contributed by atoms with Crippen LogP contribution in [-0.4, -0.2) is 18.1 Å². The van der Waals surface area contributed by atoms with Gasteiger partial charge in [-0.2, -0.15) is 0 Å². The molecule has 0 unspecified atom stereocenters. The smallest absolute Gasteiger partial charge is 0.218 e. The zero-order valence-corrected chi connectivity index (χ0v) is 11.6. The lowest BCUT2D eigenvalue weighted by Gasteiger charge is -2.22. The number of aromatic nitrogens is 1. The molecule has 1 saturated carbocycles. The second kappa shape index (κ2) is 7.43. The molecule has 0 bridgehead atoms. The number of nitrogens with zero attached hydrogens (tertiary/aromatic N) is 1. The summed E-state index contributed by atoms with van der Waals surface area (Å²) in [6.07, 6.45) is 7.65. The van der Waals surface area contributed by atoms with Crippen LogP contribution in [0.25, 0.3) is 0 Å². The van der Waals surface area contributed by atoms with Crippen molar-refractivity contribution < 1.29 is 9.13 Å². The van der Waals surface area contributed by atoms with E-state index in [0.717, 1.165) is 12.1 Å². The van der Waals surface area contributed by atoms with Crippen molar-refractivity contribution >= 4 is 0 Å².